The van der Waals surface area contributed by atoms with E-state index in [1.165, 1.54) is 0 Å². The van der Waals surface area contributed by atoms with Crippen molar-refractivity contribution in [1.29, 1.82) is 5.41 Å². The number of carbonyl (C=O) groups excluding carboxylic acids is 1. The van der Waals surface area contributed by atoms with Crippen LogP contribution in [-0.2, 0) is 0 Å². The van der Waals surface area contributed by atoms with Crippen LogP contribution in [0.2, 0.25) is 0 Å². The van der Waals surface area contributed by atoms with Gasteiger partial charge in [-0.3, -0.25) is 15.1 Å². The van der Waals surface area contributed by atoms with Gasteiger partial charge in [-0.25, -0.2) is 0 Å². The number of carbonyl (C=O) groups is 1. The van der Waals surface area contributed by atoms with Gasteiger partial charge in [0.05, 0.1) is 12.6 Å². The molecule has 1 heterocycles. The number of pyridine rings is 1. The maximum Gasteiger partial charge on any atom is 0.259 e. The smallest absolute Gasteiger partial charge is 0.259 e. The summed E-state index contributed by atoms with van der Waals surface area (Å²) in [5.41, 5.74) is 1.54. The summed E-state index contributed by atoms with van der Waals surface area (Å²) in [6.07, 6.45) is 3.40. The molecule has 1 amide bonds. The third-order valence-corrected chi connectivity index (χ3v) is 3.54. The van der Waals surface area contributed by atoms with Gasteiger partial charge in [0, 0.05) is 34.3 Å². The van der Waals surface area contributed by atoms with Gasteiger partial charge in [-0.1, -0.05) is 32.9 Å². The standard InChI is InChI=1S/C18H22N4O/c1-18(2,3)15(19)11-16(20-4)22-17(23)13-8-7-12-6-5-9-21-14(12)10-13/h5-11,19-20H,1-4H3,(H,22,23)/p+1. The first-order valence-corrected chi connectivity index (χ1v) is 7.57. The highest BCUT2D eigenvalue weighted by Crippen LogP contribution is 2.16. The monoisotopic (exact) mass is 311 g/mol. The molecule has 0 aliphatic rings. The minimum absolute atomic E-state index is 0.205. The molecular formula is C18H23N4O+. The van der Waals surface area contributed by atoms with Gasteiger partial charge in [-0.05, 0) is 18.2 Å². The minimum atomic E-state index is -0.258. The summed E-state index contributed by atoms with van der Waals surface area (Å²) in [5.74, 6) is 0.416. The molecule has 0 aliphatic carbocycles. The highest BCUT2D eigenvalue weighted by molar-refractivity contribution is 6.00. The van der Waals surface area contributed by atoms with Gasteiger partial charge in [0.1, 0.15) is 0 Å². The first-order chi connectivity index (χ1) is 10.8. The van der Waals surface area contributed by atoms with E-state index in [9.17, 15) is 4.79 Å². The summed E-state index contributed by atoms with van der Waals surface area (Å²) in [5, 5.41) is 13.7. The normalized spacial score (nSPS) is 12.3. The van der Waals surface area contributed by atoms with Crippen molar-refractivity contribution in [3.63, 3.8) is 0 Å². The Morgan fingerprint density at radius 2 is 2.04 bits per heavy atom. The molecule has 1 aromatic carbocycles. The largest absolute Gasteiger partial charge is 0.304 e. The first-order valence-electron chi connectivity index (χ1n) is 7.57. The third kappa shape index (κ3) is 4.23. The SMILES string of the molecule is C[NH2+]C(=CC(=N)C(C)(C)C)NC(=O)c1ccc2cccnc2c1. The number of hydrogen-bond donors (Lipinski definition) is 3. The molecule has 0 atom stereocenters. The van der Waals surface area contributed by atoms with Crippen molar-refractivity contribution in [2.45, 2.75) is 20.8 Å². The van der Waals surface area contributed by atoms with Gasteiger partial charge >= 0.3 is 0 Å². The second-order valence-corrected chi connectivity index (χ2v) is 6.42. The number of hydrogen-bond acceptors (Lipinski definition) is 3. The quantitative estimate of drug-likeness (QED) is 0.755. The molecule has 0 saturated carbocycles. The van der Waals surface area contributed by atoms with E-state index in [1.807, 2.05) is 46.0 Å². The molecule has 2 rings (SSSR count). The van der Waals surface area contributed by atoms with Crippen LogP contribution < -0.4 is 10.6 Å². The van der Waals surface area contributed by atoms with E-state index >= 15 is 0 Å². The summed E-state index contributed by atoms with van der Waals surface area (Å²) in [6, 6.07) is 9.26. The van der Waals surface area contributed by atoms with Crippen molar-refractivity contribution in [3.05, 3.63) is 54.0 Å². The van der Waals surface area contributed by atoms with Crippen LogP contribution in [0.3, 0.4) is 0 Å². The van der Waals surface area contributed by atoms with E-state index in [1.54, 1.807) is 29.7 Å². The lowest BCUT2D eigenvalue weighted by Crippen LogP contribution is -2.81. The van der Waals surface area contributed by atoms with Crippen molar-refractivity contribution in [2.75, 3.05) is 7.05 Å². The molecule has 0 aliphatic heterocycles. The summed E-state index contributed by atoms with van der Waals surface area (Å²) in [6.45, 7) is 5.90. The molecule has 0 unspecified atom stereocenters. The molecule has 0 saturated heterocycles. The van der Waals surface area contributed by atoms with Crippen LogP contribution in [0.25, 0.3) is 10.9 Å². The maximum absolute atomic E-state index is 12.4. The Labute approximate surface area is 136 Å². The number of nitrogens with zero attached hydrogens (tertiary/aromatic N) is 1. The van der Waals surface area contributed by atoms with Gasteiger partial charge in [0.25, 0.3) is 5.91 Å². The highest BCUT2D eigenvalue weighted by atomic mass is 16.1. The predicted molar refractivity (Wildman–Crippen MR) is 92.3 cm³/mol. The zero-order valence-corrected chi connectivity index (χ0v) is 14.0. The van der Waals surface area contributed by atoms with E-state index in [0.29, 0.717) is 17.1 Å². The minimum Gasteiger partial charge on any atom is -0.304 e. The number of fused-ring (bicyclic) bond motifs is 1. The average Bonchev–Trinajstić information content (AvgIpc) is 2.52. The number of nitrogens with one attached hydrogen (secondary N) is 2. The van der Waals surface area contributed by atoms with Crippen molar-refractivity contribution >= 4 is 22.5 Å². The van der Waals surface area contributed by atoms with Gasteiger partial charge in [0.15, 0.2) is 0 Å². The van der Waals surface area contributed by atoms with Crippen LogP contribution in [-0.4, -0.2) is 23.7 Å². The Morgan fingerprint density at radius 3 is 2.70 bits per heavy atom. The number of nitrogens with two attached hydrogens (primary N) is 1. The molecule has 0 fully saturated rings. The lowest BCUT2D eigenvalue weighted by atomic mass is 9.90. The number of amides is 1. The second-order valence-electron chi connectivity index (χ2n) is 6.42. The van der Waals surface area contributed by atoms with E-state index in [4.69, 9.17) is 5.41 Å². The molecular weight excluding hydrogens is 288 g/mol. The maximum atomic E-state index is 12.4. The highest BCUT2D eigenvalue weighted by Gasteiger charge is 2.18. The number of aromatic nitrogens is 1. The lowest BCUT2D eigenvalue weighted by Gasteiger charge is -2.17. The fourth-order valence-electron chi connectivity index (χ4n) is 1.97. The fraction of sp³-hybridized carbons (Fsp3) is 0.278. The Bertz CT molecular complexity index is 772. The van der Waals surface area contributed by atoms with Crippen LogP contribution in [0, 0.1) is 10.8 Å². The number of quaternary nitrogens is 1. The first kappa shape index (κ1) is 16.8. The fourth-order valence-corrected chi connectivity index (χ4v) is 1.97. The van der Waals surface area contributed by atoms with E-state index in [2.05, 4.69) is 10.3 Å². The average molecular weight is 311 g/mol. The van der Waals surface area contributed by atoms with Crippen LogP contribution >= 0.6 is 0 Å². The van der Waals surface area contributed by atoms with Crippen LogP contribution in [0.15, 0.2) is 48.4 Å². The zero-order valence-electron chi connectivity index (χ0n) is 14.0. The van der Waals surface area contributed by atoms with Gasteiger partial charge in [0.2, 0.25) is 5.82 Å². The van der Waals surface area contributed by atoms with Gasteiger partial charge < -0.3 is 10.7 Å². The van der Waals surface area contributed by atoms with Crippen LogP contribution in [0.5, 0.6) is 0 Å². The van der Waals surface area contributed by atoms with Crippen molar-refractivity contribution in [1.82, 2.24) is 10.3 Å². The van der Waals surface area contributed by atoms with Gasteiger partial charge in [-0.2, -0.15) is 0 Å². The van der Waals surface area contributed by atoms with Crippen molar-refractivity contribution in [3.8, 4) is 0 Å². The Kier molecular flexibility index (Phi) is 4.91. The number of allylic oxidation sites excluding steroid dienone is 1. The Hall–Kier alpha value is -2.53. The number of rotatable bonds is 4. The van der Waals surface area contributed by atoms with Crippen molar-refractivity contribution in [2.24, 2.45) is 5.41 Å². The summed E-state index contributed by atoms with van der Waals surface area (Å²) >= 11 is 0. The molecule has 4 N–H and O–H groups in total. The third-order valence-electron chi connectivity index (χ3n) is 3.54. The molecule has 0 radical (unpaired) electrons. The van der Waals surface area contributed by atoms with Crippen LogP contribution in [0.4, 0.5) is 0 Å². The zero-order chi connectivity index (χ0) is 17.0. The van der Waals surface area contributed by atoms with E-state index in [-0.39, 0.29) is 11.3 Å². The summed E-state index contributed by atoms with van der Waals surface area (Å²) < 4.78 is 0. The van der Waals surface area contributed by atoms with E-state index in [0.717, 1.165) is 10.9 Å². The molecule has 0 spiro atoms. The molecule has 23 heavy (non-hydrogen) atoms. The Morgan fingerprint density at radius 1 is 1.30 bits per heavy atom. The summed E-state index contributed by atoms with van der Waals surface area (Å²) in [4.78, 5) is 16.7. The predicted octanol–water partition coefficient (Wildman–Crippen LogP) is 2.07. The topological polar surface area (TPSA) is 82.5 Å². The molecule has 2 aromatic rings. The lowest BCUT2D eigenvalue weighted by molar-refractivity contribution is -0.580. The van der Waals surface area contributed by atoms with Crippen molar-refractivity contribution < 1.29 is 10.1 Å². The van der Waals surface area contributed by atoms with Gasteiger partial charge in [-0.15, -0.1) is 0 Å². The Balaban J connectivity index is 2.21. The molecule has 5 heteroatoms. The molecule has 5 nitrogen and oxygen atoms in total. The van der Waals surface area contributed by atoms with E-state index < -0.39 is 0 Å². The number of benzene rings is 1. The molecule has 1 aromatic heterocycles. The molecule has 0 bridgehead atoms. The molecule has 120 valence electrons. The second kappa shape index (κ2) is 6.71. The summed E-state index contributed by atoms with van der Waals surface area (Å²) in [7, 11) is 1.84. The van der Waals surface area contributed by atoms with Crippen LogP contribution in [0.1, 0.15) is 31.1 Å².